The van der Waals surface area contributed by atoms with Gasteiger partial charge in [0.25, 0.3) is 10.0 Å². The van der Waals surface area contributed by atoms with Crippen LogP contribution in [0.2, 0.25) is 0 Å². The first kappa shape index (κ1) is 16.0. The zero-order valence-electron chi connectivity index (χ0n) is 12.9. The Morgan fingerprint density at radius 2 is 2.00 bits per heavy atom. The Bertz CT molecular complexity index is 983. The van der Waals surface area contributed by atoms with Gasteiger partial charge in [0.15, 0.2) is 0 Å². The molecular weight excluding hydrogens is 334 g/mol. The van der Waals surface area contributed by atoms with Crippen LogP contribution in [0.3, 0.4) is 0 Å². The van der Waals surface area contributed by atoms with Gasteiger partial charge in [-0.05, 0) is 12.1 Å². The zero-order chi connectivity index (χ0) is 17.3. The molecule has 3 aromatic heterocycles. The topological polar surface area (TPSA) is 137 Å². The third kappa shape index (κ3) is 2.70. The maximum Gasteiger partial charge on any atom is 0.263 e. The summed E-state index contributed by atoms with van der Waals surface area (Å²) in [6.07, 6.45) is 4.34. The van der Waals surface area contributed by atoms with E-state index in [2.05, 4.69) is 25.2 Å². The molecule has 3 heterocycles. The number of pyridine rings is 2. The van der Waals surface area contributed by atoms with E-state index in [1.165, 1.54) is 30.1 Å². The summed E-state index contributed by atoms with van der Waals surface area (Å²) in [5, 5.41) is 4.79. The number of nitrogens with two attached hydrogens (primary N) is 1. The lowest BCUT2D eigenvalue weighted by Crippen LogP contribution is -2.16. The van der Waals surface area contributed by atoms with Crippen LogP contribution in [0.5, 0.6) is 5.88 Å². The molecule has 0 amide bonds. The van der Waals surface area contributed by atoms with E-state index in [1.807, 2.05) is 0 Å². The van der Waals surface area contributed by atoms with Gasteiger partial charge in [-0.1, -0.05) is 0 Å². The molecule has 126 valence electrons. The van der Waals surface area contributed by atoms with Gasteiger partial charge in [-0.15, -0.1) is 0 Å². The molecule has 4 N–H and O–H groups in total. The number of methoxy groups -OCH3 is 1. The van der Waals surface area contributed by atoms with E-state index in [1.54, 1.807) is 19.4 Å². The van der Waals surface area contributed by atoms with Crippen molar-refractivity contribution in [2.75, 3.05) is 17.3 Å². The predicted octanol–water partition coefficient (Wildman–Crippen LogP) is 0.458. The van der Waals surface area contributed by atoms with Gasteiger partial charge in [0.2, 0.25) is 5.88 Å². The highest BCUT2D eigenvalue weighted by Gasteiger charge is 2.21. The Morgan fingerprint density at radius 1 is 1.21 bits per heavy atom. The van der Waals surface area contributed by atoms with Crippen molar-refractivity contribution in [1.29, 1.82) is 0 Å². The van der Waals surface area contributed by atoms with E-state index >= 15 is 0 Å². The number of rotatable bonds is 5. The van der Waals surface area contributed by atoms with Crippen LogP contribution in [-0.4, -0.2) is 35.3 Å². The summed E-state index contributed by atoms with van der Waals surface area (Å²) < 4.78 is 34.5. The van der Waals surface area contributed by atoms with Crippen LogP contribution in [0.1, 0.15) is 0 Å². The molecule has 0 aliphatic rings. The van der Waals surface area contributed by atoms with E-state index in [0.29, 0.717) is 16.7 Å². The maximum absolute atomic E-state index is 12.6. The number of fused-ring (bicyclic) bond motifs is 1. The minimum absolute atomic E-state index is 0.0253. The average Bonchev–Trinajstić information content (AvgIpc) is 2.96. The van der Waals surface area contributed by atoms with Crippen molar-refractivity contribution in [3.63, 3.8) is 0 Å². The standard InChI is InChI=1S/C13H15N7O3S/c1-20-12-8(6-17-20)5-16-13(23-2)11(12)19-24(21,22)9-3-4-10(18-14)15-7-9/h3-7,19H,14H2,1-2H3,(H,15,18). The number of nitrogens with zero attached hydrogens (tertiary/aromatic N) is 4. The van der Waals surface area contributed by atoms with E-state index in [0.717, 1.165) is 0 Å². The maximum atomic E-state index is 12.6. The predicted molar refractivity (Wildman–Crippen MR) is 87.9 cm³/mol. The molecule has 0 bridgehead atoms. The number of aromatic nitrogens is 4. The Morgan fingerprint density at radius 3 is 2.62 bits per heavy atom. The van der Waals surface area contributed by atoms with Crippen LogP contribution in [0.25, 0.3) is 10.9 Å². The minimum atomic E-state index is -3.90. The van der Waals surface area contributed by atoms with Crippen molar-refractivity contribution in [2.24, 2.45) is 12.9 Å². The van der Waals surface area contributed by atoms with Gasteiger partial charge in [0, 0.05) is 24.8 Å². The molecule has 24 heavy (non-hydrogen) atoms. The third-order valence-electron chi connectivity index (χ3n) is 3.36. The van der Waals surface area contributed by atoms with Gasteiger partial charge < -0.3 is 10.2 Å². The molecule has 0 radical (unpaired) electrons. The van der Waals surface area contributed by atoms with E-state index in [-0.39, 0.29) is 16.5 Å². The molecule has 0 atom stereocenters. The Hall–Kier alpha value is -2.92. The summed E-state index contributed by atoms with van der Waals surface area (Å²) in [6, 6.07) is 2.84. The second kappa shape index (κ2) is 5.94. The first-order chi connectivity index (χ1) is 11.5. The number of hydrogen-bond donors (Lipinski definition) is 3. The lowest BCUT2D eigenvalue weighted by molar-refractivity contribution is 0.400. The Kier molecular flexibility index (Phi) is 3.95. The van der Waals surface area contributed by atoms with Crippen molar-refractivity contribution in [2.45, 2.75) is 4.90 Å². The highest BCUT2D eigenvalue weighted by Crippen LogP contribution is 2.32. The van der Waals surface area contributed by atoms with Crippen molar-refractivity contribution < 1.29 is 13.2 Å². The molecule has 3 aromatic rings. The number of nitrogen functional groups attached to an aromatic ring is 1. The molecular formula is C13H15N7O3S. The first-order valence-corrected chi connectivity index (χ1v) is 8.25. The number of anilines is 2. The van der Waals surface area contributed by atoms with Crippen molar-refractivity contribution >= 4 is 32.4 Å². The van der Waals surface area contributed by atoms with Crippen LogP contribution in [0.15, 0.2) is 35.6 Å². The van der Waals surface area contributed by atoms with Gasteiger partial charge in [0.1, 0.15) is 16.4 Å². The quantitative estimate of drug-likeness (QED) is 0.446. The van der Waals surface area contributed by atoms with Gasteiger partial charge >= 0.3 is 0 Å². The van der Waals surface area contributed by atoms with E-state index in [4.69, 9.17) is 10.6 Å². The first-order valence-electron chi connectivity index (χ1n) is 6.76. The molecule has 11 heteroatoms. The number of ether oxygens (including phenoxy) is 1. The minimum Gasteiger partial charge on any atom is -0.479 e. The Balaban J connectivity index is 2.09. The van der Waals surface area contributed by atoms with E-state index in [9.17, 15) is 8.42 Å². The summed E-state index contributed by atoms with van der Waals surface area (Å²) >= 11 is 0. The van der Waals surface area contributed by atoms with Crippen molar-refractivity contribution in [3.8, 4) is 5.88 Å². The average molecular weight is 349 g/mol. The second-order valence-electron chi connectivity index (χ2n) is 4.84. The molecule has 0 unspecified atom stereocenters. The Labute approximate surface area is 137 Å². The van der Waals surface area contributed by atoms with Crippen LogP contribution >= 0.6 is 0 Å². The molecule has 10 nitrogen and oxygen atoms in total. The highest BCUT2D eigenvalue weighted by molar-refractivity contribution is 7.92. The smallest absolute Gasteiger partial charge is 0.263 e. The molecule has 0 saturated carbocycles. The van der Waals surface area contributed by atoms with Crippen LogP contribution in [0, 0.1) is 0 Å². The summed E-state index contributed by atoms with van der Waals surface area (Å²) in [7, 11) is -0.794. The largest absolute Gasteiger partial charge is 0.479 e. The van der Waals surface area contributed by atoms with E-state index < -0.39 is 10.0 Å². The summed E-state index contributed by atoms with van der Waals surface area (Å²) in [5.74, 6) is 5.72. The van der Waals surface area contributed by atoms with Crippen molar-refractivity contribution in [1.82, 2.24) is 19.7 Å². The van der Waals surface area contributed by atoms with Crippen LogP contribution in [0.4, 0.5) is 11.5 Å². The number of hydrogen-bond acceptors (Lipinski definition) is 8. The fourth-order valence-electron chi connectivity index (χ4n) is 2.21. The third-order valence-corrected chi connectivity index (χ3v) is 4.70. The number of sulfonamides is 1. The lowest BCUT2D eigenvalue weighted by atomic mass is 10.3. The van der Waals surface area contributed by atoms with Crippen LogP contribution in [-0.2, 0) is 17.1 Å². The molecule has 0 saturated heterocycles. The van der Waals surface area contributed by atoms with Gasteiger partial charge in [0.05, 0.1) is 18.8 Å². The number of hydrazine groups is 1. The zero-order valence-corrected chi connectivity index (χ0v) is 13.7. The monoisotopic (exact) mass is 349 g/mol. The van der Waals surface area contributed by atoms with Crippen LogP contribution < -0.4 is 20.7 Å². The second-order valence-corrected chi connectivity index (χ2v) is 6.53. The molecule has 0 aliphatic carbocycles. The molecule has 0 aliphatic heterocycles. The van der Waals surface area contributed by atoms with Gasteiger partial charge in [-0.3, -0.25) is 9.40 Å². The molecule has 0 spiro atoms. The molecule has 0 aromatic carbocycles. The summed E-state index contributed by atoms with van der Waals surface area (Å²) in [5.41, 5.74) is 3.09. The van der Waals surface area contributed by atoms with Crippen molar-refractivity contribution in [3.05, 3.63) is 30.7 Å². The fourth-order valence-corrected chi connectivity index (χ4v) is 3.22. The SMILES string of the molecule is COc1ncc2cnn(C)c2c1NS(=O)(=O)c1ccc(NN)nc1. The fraction of sp³-hybridized carbons (Fsp3) is 0.154. The number of aryl methyl sites for hydroxylation is 1. The highest BCUT2D eigenvalue weighted by atomic mass is 32.2. The summed E-state index contributed by atoms with van der Waals surface area (Å²) in [4.78, 5) is 7.97. The van der Waals surface area contributed by atoms with Gasteiger partial charge in [-0.2, -0.15) is 5.10 Å². The summed E-state index contributed by atoms with van der Waals surface area (Å²) in [6.45, 7) is 0. The van der Waals surface area contributed by atoms with Gasteiger partial charge in [-0.25, -0.2) is 24.2 Å². The normalized spacial score (nSPS) is 11.5. The molecule has 0 fully saturated rings. The number of nitrogens with one attached hydrogen (secondary N) is 2. The lowest BCUT2D eigenvalue weighted by Gasteiger charge is -2.13. The molecule has 3 rings (SSSR count).